The molecule has 22 heavy (non-hydrogen) atoms. The molecule has 3 aromatic rings. The molecule has 0 bridgehead atoms. The Bertz CT molecular complexity index is 886. The number of nitrogens with zero attached hydrogens (tertiary/aromatic N) is 2. The molecule has 7 heteroatoms. The predicted molar refractivity (Wildman–Crippen MR) is 82.6 cm³/mol. The van der Waals surface area contributed by atoms with Crippen LogP contribution in [0, 0.1) is 15.9 Å². The van der Waals surface area contributed by atoms with Gasteiger partial charge < -0.3 is 4.74 Å². The average molecular weight is 363 g/mol. The van der Waals surface area contributed by atoms with E-state index in [2.05, 4.69) is 20.9 Å². The summed E-state index contributed by atoms with van der Waals surface area (Å²) in [4.78, 5) is 14.4. The fraction of sp³-hybridized carbons (Fsp3) is 0. The van der Waals surface area contributed by atoms with Gasteiger partial charge in [0.25, 0.3) is 5.69 Å². The molecule has 0 N–H and O–H groups in total. The summed E-state index contributed by atoms with van der Waals surface area (Å²) < 4.78 is 20.0. The van der Waals surface area contributed by atoms with Crippen LogP contribution in [0.1, 0.15) is 0 Å². The summed E-state index contributed by atoms with van der Waals surface area (Å²) in [6.07, 6.45) is 2.88. The van der Waals surface area contributed by atoms with E-state index in [1.54, 1.807) is 12.1 Å². The molecule has 2 aromatic carbocycles. The maximum atomic E-state index is 13.9. The highest BCUT2D eigenvalue weighted by molar-refractivity contribution is 9.10. The first-order valence-electron chi connectivity index (χ1n) is 6.20. The molecule has 1 aromatic heterocycles. The Morgan fingerprint density at radius 3 is 2.64 bits per heavy atom. The van der Waals surface area contributed by atoms with E-state index in [-0.39, 0.29) is 11.4 Å². The Morgan fingerprint density at radius 1 is 1.14 bits per heavy atom. The maximum Gasteiger partial charge on any atom is 0.279 e. The number of fused-ring (bicyclic) bond motifs is 1. The smallest absolute Gasteiger partial charge is 0.279 e. The first kappa shape index (κ1) is 14.4. The van der Waals surface area contributed by atoms with Crippen molar-refractivity contribution in [3.8, 4) is 11.5 Å². The average Bonchev–Trinajstić information content (AvgIpc) is 2.50. The molecule has 0 radical (unpaired) electrons. The lowest BCUT2D eigenvalue weighted by atomic mass is 10.1. The van der Waals surface area contributed by atoms with Crippen LogP contribution in [-0.4, -0.2) is 9.91 Å². The van der Waals surface area contributed by atoms with Crippen LogP contribution in [0.5, 0.6) is 11.5 Å². The van der Waals surface area contributed by atoms with Gasteiger partial charge >= 0.3 is 0 Å². The zero-order valence-corrected chi connectivity index (χ0v) is 12.6. The van der Waals surface area contributed by atoms with E-state index < -0.39 is 10.7 Å². The van der Waals surface area contributed by atoms with Crippen LogP contribution < -0.4 is 4.74 Å². The number of hydrogen-bond donors (Lipinski definition) is 0. The molecule has 0 aliphatic carbocycles. The second kappa shape index (κ2) is 5.69. The van der Waals surface area contributed by atoms with Crippen molar-refractivity contribution in [3.63, 3.8) is 0 Å². The van der Waals surface area contributed by atoms with E-state index in [1.165, 1.54) is 36.7 Å². The van der Waals surface area contributed by atoms with Gasteiger partial charge in [-0.15, -0.1) is 0 Å². The molecular formula is C15H8BrFN2O3. The number of benzene rings is 2. The van der Waals surface area contributed by atoms with Gasteiger partial charge in [-0.2, -0.15) is 0 Å². The van der Waals surface area contributed by atoms with Crippen LogP contribution in [0.15, 0.2) is 53.3 Å². The van der Waals surface area contributed by atoms with E-state index in [9.17, 15) is 14.5 Å². The molecule has 0 amide bonds. The minimum absolute atomic E-state index is 0.0372. The Labute approximate surface area is 132 Å². The van der Waals surface area contributed by atoms with Crippen molar-refractivity contribution in [2.24, 2.45) is 0 Å². The van der Waals surface area contributed by atoms with Gasteiger partial charge in [0.1, 0.15) is 5.75 Å². The van der Waals surface area contributed by atoms with Gasteiger partial charge in [-0.25, -0.2) is 4.39 Å². The van der Waals surface area contributed by atoms with Crippen molar-refractivity contribution in [1.82, 2.24) is 4.98 Å². The summed E-state index contributed by atoms with van der Waals surface area (Å²) >= 11 is 3.17. The summed E-state index contributed by atoms with van der Waals surface area (Å²) in [5.74, 6) is -0.172. The summed E-state index contributed by atoms with van der Waals surface area (Å²) in [6, 6.07) is 8.76. The molecule has 0 aliphatic heterocycles. The normalized spacial score (nSPS) is 10.6. The lowest BCUT2D eigenvalue weighted by molar-refractivity contribution is -0.383. The maximum absolute atomic E-state index is 13.9. The fourth-order valence-electron chi connectivity index (χ4n) is 2.07. The summed E-state index contributed by atoms with van der Waals surface area (Å²) in [5.41, 5.74) is -0.0771. The van der Waals surface area contributed by atoms with Crippen LogP contribution in [0.3, 0.4) is 0 Å². The van der Waals surface area contributed by atoms with E-state index in [0.29, 0.717) is 21.0 Å². The van der Waals surface area contributed by atoms with Crippen LogP contribution in [0.4, 0.5) is 10.1 Å². The lowest BCUT2D eigenvalue weighted by Gasteiger charge is -2.10. The molecular weight excluding hydrogens is 355 g/mol. The van der Waals surface area contributed by atoms with Gasteiger partial charge in [-0.3, -0.25) is 15.1 Å². The van der Waals surface area contributed by atoms with Gasteiger partial charge in [-0.05, 0) is 30.3 Å². The van der Waals surface area contributed by atoms with Gasteiger partial charge in [0.15, 0.2) is 11.6 Å². The minimum atomic E-state index is -0.532. The second-order valence-electron chi connectivity index (χ2n) is 4.44. The highest BCUT2D eigenvalue weighted by Gasteiger charge is 2.16. The number of aromatic nitrogens is 1. The predicted octanol–water partition coefficient (Wildman–Crippen LogP) is 4.84. The number of ether oxygens (including phenoxy) is 1. The molecule has 0 fully saturated rings. The Hall–Kier alpha value is -2.54. The van der Waals surface area contributed by atoms with Crippen LogP contribution >= 0.6 is 15.9 Å². The highest BCUT2D eigenvalue weighted by Crippen LogP contribution is 2.35. The van der Waals surface area contributed by atoms with Crippen molar-refractivity contribution in [3.05, 3.63) is 69.2 Å². The summed E-state index contributed by atoms with van der Waals surface area (Å²) in [7, 11) is 0. The Kier molecular flexibility index (Phi) is 3.72. The van der Waals surface area contributed by atoms with E-state index in [1.807, 2.05) is 0 Å². The third kappa shape index (κ3) is 2.62. The second-order valence-corrected chi connectivity index (χ2v) is 5.35. The number of non-ortho nitro benzene ring substituents is 1. The van der Waals surface area contributed by atoms with Gasteiger partial charge in [0.2, 0.25) is 0 Å². The van der Waals surface area contributed by atoms with E-state index >= 15 is 0 Å². The molecule has 0 saturated carbocycles. The minimum Gasteiger partial charge on any atom is -0.454 e. The monoisotopic (exact) mass is 362 g/mol. The van der Waals surface area contributed by atoms with Crippen molar-refractivity contribution >= 4 is 32.4 Å². The molecule has 0 spiro atoms. The van der Waals surface area contributed by atoms with Crippen molar-refractivity contribution in [2.45, 2.75) is 0 Å². The zero-order valence-electron chi connectivity index (χ0n) is 11.0. The topological polar surface area (TPSA) is 65.3 Å². The fourth-order valence-corrected chi connectivity index (χ4v) is 2.41. The standard InChI is InChI=1S/C15H8BrFN2O3/c16-9-1-3-15(12(17)7-9)22-14-4-2-13(19(20)21)11-8-18-6-5-10(11)14/h1-8H. The van der Waals surface area contributed by atoms with Gasteiger partial charge in [0, 0.05) is 28.3 Å². The van der Waals surface area contributed by atoms with E-state index in [4.69, 9.17) is 4.74 Å². The highest BCUT2D eigenvalue weighted by atomic mass is 79.9. The number of nitro benzene ring substituents is 1. The molecule has 3 rings (SSSR count). The molecule has 0 atom stereocenters. The molecule has 0 saturated heterocycles. The quantitative estimate of drug-likeness (QED) is 0.494. The van der Waals surface area contributed by atoms with Crippen molar-refractivity contribution < 1.29 is 14.1 Å². The summed E-state index contributed by atoms with van der Waals surface area (Å²) in [5, 5.41) is 11.9. The first-order chi connectivity index (χ1) is 10.6. The summed E-state index contributed by atoms with van der Waals surface area (Å²) in [6.45, 7) is 0. The lowest BCUT2D eigenvalue weighted by Crippen LogP contribution is -1.94. The number of pyridine rings is 1. The third-order valence-electron chi connectivity index (χ3n) is 3.07. The third-order valence-corrected chi connectivity index (χ3v) is 3.56. The number of halogens is 2. The molecule has 0 aliphatic rings. The Morgan fingerprint density at radius 2 is 1.91 bits per heavy atom. The van der Waals surface area contributed by atoms with Crippen molar-refractivity contribution in [2.75, 3.05) is 0 Å². The van der Waals surface area contributed by atoms with Crippen molar-refractivity contribution in [1.29, 1.82) is 0 Å². The molecule has 1 heterocycles. The zero-order chi connectivity index (χ0) is 15.7. The Balaban J connectivity index is 2.12. The first-order valence-corrected chi connectivity index (χ1v) is 6.99. The number of hydrogen-bond acceptors (Lipinski definition) is 4. The molecule has 0 unspecified atom stereocenters. The van der Waals surface area contributed by atoms with Crippen LogP contribution in [-0.2, 0) is 0 Å². The van der Waals surface area contributed by atoms with Gasteiger partial charge in [-0.1, -0.05) is 15.9 Å². The molecule has 110 valence electrons. The van der Waals surface area contributed by atoms with E-state index in [0.717, 1.165) is 0 Å². The van der Waals surface area contributed by atoms with Crippen LogP contribution in [0.2, 0.25) is 0 Å². The van der Waals surface area contributed by atoms with Crippen LogP contribution in [0.25, 0.3) is 10.8 Å². The molecule has 5 nitrogen and oxygen atoms in total. The number of rotatable bonds is 3. The largest absolute Gasteiger partial charge is 0.454 e. The van der Waals surface area contributed by atoms with Gasteiger partial charge in [0.05, 0.1) is 10.3 Å². The SMILES string of the molecule is O=[N+]([O-])c1ccc(Oc2ccc(Br)cc2F)c2ccncc12. The number of nitro groups is 1.